The molecule has 0 aromatic heterocycles. The molecular weight excluding hydrogens is 317 g/mol. The number of hydrogen-bond acceptors (Lipinski definition) is 2. The number of carbonyl (C=O) groups excluding carboxylic acids is 1. The number of nitrogens with zero attached hydrogens (tertiary/aromatic N) is 1. The number of alkyl halides is 1. The lowest BCUT2D eigenvalue weighted by Gasteiger charge is -2.25. The first-order chi connectivity index (χ1) is 12.2. The fourth-order valence-corrected chi connectivity index (χ4v) is 3.39. The molecule has 3 nitrogen and oxygen atoms in total. The van der Waals surface area contributed by atoms with E-state index in [2.05, 4.69) is 0 Å². The molecule has 0 spiro atoms. The summed E-state index contributed by atoms with van der Waals surface area (Å²) in [7, 11) is 0. The van der Waals surface area contributed by atoms with E-state index in [0.717, 1.165) is 11.1 Å². The van der Waals surface area contributed by atoms with Gasteiger partial charge in [-0.25, -0.2) is 0 Å². The molecule has 1 fully saturated rings. The molecule has 3 rings (SSSR count). The molecule has 1 heterocycles. The maximum Gasteiger partial charge on any atom is 0.228 e. The number of halogens is 1. The second kappa shape index (κ2) is 8.26. The minimum atomic E-state index is -0.497. The Morgan fingerprint density at radius 1 is 1.12 bits per heavy atom. The number of rotatable bonds is 7. The zero-order valence-corrected chi connectivity index (χ0v) is 14.5. The third-order valence-corrected chi connectivity index (χ3v) is 4.96. The minimum absolute atomic E-state index is 0.00735. The van der Waals surface area contributed by atoms with Crippen LogP contribution in [0.15, 0.2) is 60.7 Å². The predicted molar refractivity (Wildman–Crippen MR) is 95.6 cm³/mol. The van der Waals surface area contributed by atoms with Crippen molar-refractivity contribution < 1.29 is 13.9 Å². The van der Waals surface area contributed by atoms with Crippen LogP contribution in [0.4, 0.5) is 4.39 Å². The Morgan fingerprint density at radius 2 is 1.76 bits per heavy atom. The molecule has 1 saturated heterocycles. The normalized spacial score (nSPS) is 21.5. The van der Waals surface area contributed by atoms with Gasteiger partial charge < -0.3 is 9.64 Å². The van der Waals surface area contributed by atoms with Crippen LogP contribution in [0.2, 0.25) is 0 Å². The lowest BCUT2D eigenvalue weighted by molar-refractivity contribution is -0.134. The van der Waals surface area contributed by atoms with Crippen molar-refractivity contribution in [2.75, 3.05) is 19.8 Å². The van der Waals surface area contributed by atoms with Crippen LogP contribution in [0.1, 0.15) is 24.1 Å². The van der Waals surface area contributed by atoms with E-state index in [9.17, 15) is 9.18 Å². The molecular formula is C21H24FNO2. The number of hydrogen-bond donors (Lipinski definition) is 0. The van der Waals surface area contributed by atoms with Gasteiger partial charge in [-0.3, -0.25) is 9.18 Å². The first kappa shape index (κ1) is 17.6. The Morgan fingerprint density at radius 3 is 2.40 bits per heavy atom. The number of likely N-dealkylation sites (tertiary alicyclic amines) is 1. The average molecular weight is 341 g/mol. The molecule has 0 radical (unpaired) electrons. The second-order valence-electron chi connectivity index (χ2n) is 6.60. The molecule has 4 heteroatoms. The summed E-state index contributed by atoms with van der Waals surface area (Å²) in [5, 5.41) is 0. The van der Waals surface area contributed by atoms with Crippen LogP contribution in [0.3, 0.4) is 0 Å². The van der Waals surface area contributed by atoms with Crippen LogP contribution in [0.5, 0.6) is 0 Å². The van der Waals surface area contributed by atoms with Gasteiger partial charge in [0, 0.05) is 12.5 Å². The Hall–Kier alpha value is -2.20. The third kappa shape index (κ3) is 4.07. The predicted octanol–water partition coefficient (Wildman–Crippen LogP) is 4.01. The molecule has 2 aromatic rings. The standard InChI is InChI=1S/C21H24FNO2/c1-16(18-10-6-3-7-11-18)23-13-19(12-22)20(21(23)24)15-25-14-17-8-4-2-5-9-17/h2-11,16,19-20H,12-15H2,1H3/t16-,19+,20-/m0/s1. The molecule has 0 aliphatic carbocycles. The van der Waals surface area contributed by atoms with Crippen LogP contribution < -0.4 is 0 Å². The highest BCUT2D eigenvalue weighted by Gasteiger charge is 2.42. The van der Waals surface area contributed by atoms with Gasteiger partial charge in [0.05, 0.1) is 31.8 Å². The molecule has 0 N–H and O–H groups in total. The molecule has 0 bridgehead atoms. The van der Waals surface area contributed by atoms with E-state index in [1.807, 2.05) is 67.6 Å². The average Bonchev–Trinajstić information content (AvgIpc) is 2.99. The van der Waals surface area contributed by atoms with E-state index in [1.165, 1.54) is 0 Å². The largest absolute Gasteiger partial charge is 0.376 e. The van der Waals surface area contributed by atoms with Gasteiger partial charge in [0.1, 0.15) is 0 Å². The van der Waals surface area contributed by atoms with E-state index in [0.29, 0.717) is 13.2 Å². The van der Waals surface area contributed by atoms with Crippen molar-refractivity contribution in [3.8, 4) is 0 Å². The molecule has 25 heavy (non-hydrogen) atoms. The van der Waals surface area contributed by atoms with E-state index in [4.69, 9.17) is 4.74 Å². The van der Waals surface area contributed by atoms with Gasteiger partial charge in [-0.2, -0.15) is 0 Å². The summed E-state index contributed by atoms with van der Waals surface area (Å²) in [5.74, 6) is -0.707. The second-order valence-corrected chi connectivity index (χ2v) is 6.60. The number of ether oxygens (including phenoxy) is 1. The van der Waals surface area contributed by atoms with Crippen molar-refractivity contribution in [2.45, 2.75) is 19.6 Å². The topological polar surface area (TPSA) is 29.5 Å². The summed E-state index contributed by atoms with van der Waals surface area (Å²) < 4.78 is 19.2. The van der Waals surface area contributed by atoms with Crippen molar-refractivity contribution in [1.82, 2.24) is 4.90 Å². The fraction of sp³-hybridized carbons (Fsp3) is 0.381. The van der Waals surface area contributed by atoms with E-state index in [-0.39, 0.29) is 24.5 Å². The number of carbonyl (C=O) groups is 1. The maximum absolute atomic E-state index is 13.5. The third-order valence-electron chi connectivity index (χ3n) is 4.96. The Labute approximate surface area is 148 Å². The van der Waals surface area contributed by atoms with E-state index < -0.39 is 12.6 Å². The summed E-state index contributed by atoms with van der Waals surface area (Å²) in [6.07, 6.45) is 0. The summed E-state index contributed by atoms with van der Waals surface area (Å²) in [4.78, 5) is 14.6. The van der Waals surface area contributed by atoms with E-state index >= 15 is 0 Å². The quantitative estimate of drug-likeness (QED) is 0.761. The molecule has 0 saturated carbocycles. The monoisotopic (exact) mass is 341 g/mol. The van der Waals surface area contributed by atoms with Crippen molar-refractivity contribution in [1.29, 1.82) is 0 Å². The van der Waals surface area contributed by atoms with Crippen LogP contribution in [0, 0.1) is 11.8 Å². The van der Waals surface area contributed by atoms with Gasteiger partial charge >= 0.3 is 0 Å². The Bertz CT molecular complexity index is 677. The van der Waals surface area contributed by atoms with Crippen LogP contribution in [0.25, 0.3) is 0 Å². The molecule has 132 valence electrons. The first-order valence-corrected chi connectivity index (χ1v) is 8.73. The molecule has 1 aliphatic heterocycles. The lowest BCUT2D eigenvalue weighted by Crippen LogP contribution is -2.31. The van der Waals surface area contributed by atoms with Crippen LogP contribution >= 0.6 is 0 Å². The SMILES string of the molecule is C[C@@H](c1ccccc1)N1C[C@@H](CF)[C@H](COCc2ccccc2)C1=O. The highest BCUT2D eigenvalue weighted by atomic mass is 19.1. The summed E-state index contributed by atoms with van der Waals surface area (Å²) in [5.41, 5.74) is 2.12. The van der Waals surface area contributed by atoms with Crippen LogP contribution in [-0.4, -0.2) is 30.6 Å². The fourth-order valence-electron chi connectivity index (χ4n) is 3.39. The Balaban J connectivity index is 1.62. The van der Waals surface area contributed by atoms with Gasteiger partial charge in [-0.1, -0.05) is 60.7 Å². The smallest absolute Gasteiger partial charge is 0.228 e. The minimum Gasteiger partial charge on any atom is -0.376 e. The molecule has 2 aromatic carbocycles. The van der Waals surface area contributed by atoms with E-state index in [1.54, 1.807) is 4.90 Å². The zero-order chi connectivity index (χ0) is 17.6. The summed E-state index contributed by atoms with van der Waals surface area (Å²) in [6.45, 7) is 2.65. The molecule has 0 unspecified atom stereocenters. The molecule has 1 amide bonds. The van der Waals surface area contributed by atoms with Crippen molar-refractivity contribution in [3.63, 3.8) is 0 Å². The summed E-state index contributed by atoms with van der Waals surface area (Å²) in [6, 6.07) is 19.6. The maximum atomic E-state index is 13.5. The number of amides is 1. The van der Waals surface area contributed by atoms with Gasteiger partial charge in [0.2, 0.25) is 5.91 Å². The molecule has 3 atom stereocenters. The number of benzene rings is 2. The van der Waals surface area contributed by atoms with Crippen molar-refractivity contribution in [3.05, 3.63) is 71.8 Å². The highest BCUT2D eigenvalue weighted by Crippen LogP contribution is 2.33. The zero-order valence-electron chi connectivity index (χ0n) is 14.5. The van der Waals surface area contributed by atoms with Gasteiger partial charge in [-0.15, -0.1) is 0 Å². The molecule has 1 aliphatic rings. The summed E-state index contributed by atoms with van der Waals surface area (Å²) >= 11 is 0. The van der Waals surface area contributed by atoms with Crippen molar-refractivity contribution in [2.24, 2.45) is 11.8 Å². The van der Waals surface area contributed by atoms with Gasteiger partial charge in [0.15, 0.2) is 0 Å². The highest BCUT2D eigenvalue weighted by molar-refractivity contribution is 5.82. The van der Waals surface area contributed by atoms with Crippen LogP contribution in [-0.2, 0) is 16.1 Å². The van der Waals surface area contributed by atoms with Gasteiger partial charge in [0.25, 0.3) is 0 Å². The lowest BCUT2D eigenvalue weighted by atomic mass is 9.98. The van der Waals surface area contributed by atoms with Gasteiger partial charge in [-0.05, 0) is 18.1 Å². The van der Waals surface area contributed by atoms with Crippen molar-refractivity contribution >= 4 is 5.91 Å². The Kier molecular flexibility index (Phi) is 5.82. The first-order valence-electron chi connectivity index (χ1n) is 8.73.